The Hall–Kier alpha value is -2.41. The van der Waals surface area contributed by atoms with Crippen LogP contribution in [0.25, 0.3) is 22.3 Å². The second-order valence-electron chi connectivity index (χ2n) is 4.99. The normalized spacial score (nSPS) is 10.5. The van der Waals surface area contributed by atoms with Crippen molar-refractivity contribution in [2.45, 2.75) is 13.8 Å². The van der Waals surface area contributed by atoms with Crippen molar-refractivity contribution in [3.05, 3.63) is 78.1 Å². The molecule has 0 aliphatic rings. The van der Waals surface area contributed by atoms with E-state index in [-0.39, 0.29) is 0 Å². The largest absolute Gasteiger partial charge is 0.260 e. The monoisotopic (exact) mass is 259 g/mol. The summed E-state index contributed by atoms with van der Waals surface area (Å²) in [6.45, 7) is 4.25. The summed E-state index contributed by atoms with van der Waals surface area (Å²) in [7, 11) is 0. The number of nitrogens with zero attached hydrogens (tertiary/aromatic N) is 1. The maximum atomic E-state index is 4.59. The van der Waals surface area contributed by atoms with Crippen molar-refractivity contribution >= 4 is 0 Å². The van der Waals surface area contributed by atoms with Gasteiger partial charge in [0.2, 0.25) is 0 Å². The molecule has 1 heterocycles. The van der Waals surface area contributed by atoms with Crippen LogP contribution < -0.4 is 0 Å². The summed E-state index contributed by atoms with van der Waals surface area (Å²) >= 11 is 0. The van der Waals surface area contributed by atoms with E-state index in [1.807, 2.05) is 18.3 Å². The van der Waals surface area contributed by atoms with Crippen molar-refractivity contribution in [1.82, 2.24) is 4.98 Å². The highest BCUT2D eigenvalue weighted by atomic mass is 14.7. The summed E-state index contributed by atoms with van der Waals surface area (Å²) in [5.74, 6) is 0. The van der Waals surface area contributed by atoms with E-state index in [9.17, 15) is 0 Å². The van der Waals surface area contributed by atoms with Crippen molar-refractivity contribution in [1.29, 1.82) is 0 Å². The van der Waals surface area contributed by atoms with Crippen molar-refractivity contribution in [2.75, 3.05) is 0 Å². The number of hydrogen-bond acceptors (Lipinski definition) is 1. The predicted molar refractivity (Wildman–Crippen MR) is 84.6 cm³/mol. The third kappa shape index (κ3) is 2.23. The molecule has 0 unspecified atom stereocenters. The molecule has 0 fully saturated rings. The number of pyridine rings is 1. The van der Waals surface area contributed by atoms with Crippen molar-refractivity contribution in [3.8, 4) is 22.3 Å². The third-order valence-corrected chi connectivity index (χ3v) is 3.68. The Bertz CT molecular complexity index is 716. The minimum Gasteiger partial charge on any atom is -0.260 e. The maximum Gasteiger partial charge on any atom is 0.0454 e. The van der Waals surface area contributed by atoms with E-state index in [4.69, 9.17) is 0 Å². The fourth-order valence-corrected chi connectivity index (χ4v) is 2.67. The zero-order chi connectivity index (χ0) is 13.9. The van der Waals surface area contributed by atoms with E-state index in [2.05, 4.69) is 67.4 Å². The summed E-state index contributed by atoms with van der Waals surface area (Å²) in [5.41, 5.74) is 7.26. The van der Waals surface area contributed by atoms with Crippen LogP contribution in [-0.4, -0.2) is 4.98 Å². The Kier molecular flexibility index (Phi) is 3.34. The number of aromatic nitrogens is 1. The Labute approximate surface area is 119 Å². The van der Waals surface area contributed by atoms with Crippen LogP contribution in [0.4, 0.5) is 0 Å². The minimum atomic E-state index is 1.08. The lowest BCUT2D eigenvalue weighted by atomic mass is 9.93. The van der Waals surface area contributed by atoms with Crippen LogP contribution >= 0.6 is 0 Å². The highest BCUT2D eigenvalue weighted by molar-refractivity contribution is 5.78. The molecule has 3 aromatic rings. The van der Waals surface area contributed by atoms with Gasteiger partial charge >= 0.3 is 0 Å². The molecular weight excluding hydrogens is 242 g/mol. The van der Waals surface area contributed by atoms with Crippen LogP contribution in [0, 0.1) is 13.8 Å². The van der Waals surface area contributed by atoms with E-state index in [0.29, 0.717) is 0 Å². The zero-order valence-corrected chi connectivity index (χ0v) is 11.8. The molecule has 1 nitrogen and oxygen atoms in total. The molecule has 0 amide bonds. The molecular formula is C19H17N. The van der Waals surface area contributed by atoms with E-state index in [1.54, 1.807) is 0 Å². The van der Waals surface area contributed by atoms with Crippen molar-refractivity contribution in [3.63, 3.8) is 0 Å². The van der Waals surface area contributed by atoms with E-state index in [0.717, 1.165) is 5.69 Å². The Morgan fingerprint density at radius 3 is 1.85 bits per heavy atom. The number of hydrogen-bond donors (Lipinski definition) is 0. The van der Waals surface area contributed by atoms with Crippen molar-refractivity contribution in [2.24, 2.45) is 0 Å². The molecule has 1 aromatic heterocycles. The lowest BCUT2D eigenvalue weighted by molar-refractivity contribution is 1.18. The van der Waals surface area contributed by atoms with Crippen molar-refractivity contribution < 1.29 is 0 Å². The Morgan fingerprint density at radius 2 is 1.25 bits per heavy atom. The first-order chi connectivity index (χ1) is 9.77. The number of rotatable bonds is 2. The molecule has 20 heavy (non-hydrogen) atoms. The molecule has 0 radical (unpaired) electrons. The van der Waals surface area contributed by atoms with Crippen LogP contribution in [0.3, 0.4) is 0 Å². The van der Waals surface area contributed by atoms with Gasteiger partial charge in [-0.25, -0.2) is 0 Å². The Morgan fingerprint density at radius 1 is 0.700 bits per heavy atom. The number of aryl methyl sites for hydroxylation is 1. The maximum absolute atomic E-state index is 4.59. The lowest BCUT2D eigenvalue weighted by Gasteiger charge is -2.14. The molecule has 3 rings (SSSR count). The van der Waals surface area contributed by atoms with Gasteiger partial charge in [0.25, 0.3) is 0 Å². The minimum absolute atomic E-state index is 1.08. The summed E-state index contributed by atoms with van der Waals surface area (Å²) in [4.78, 5) is 4.59. The molecule has 0 saturated carbocycles. The molecule has 0 spiro atoms. The molecule has 0 atom stereocenters. The first-order valence-corrected chi connectivity index (χ1v) is 6.84. The zero-order valence-electron chi connectivity index (χ0n) is 11.8. The molecule has 0 bridgehead atoms. The first kappa shape index (κ1) is 12.6. The van der Waals surface area contributed by atoms with Gasteiger partial charge in [-0.3, -0.25) is 4.98 Å². The van der Waals surface area contributed by atoms with Crippen LogP contribution in [0.1, 0.15) is 11.3 Å². The van der Waals surface area contributed by atoms with Gasteiger partial charge in [0.1, 0.15) is 0 Å². The quantitative estimate of drug-likeness (QED) is 0.628. The van der Waals surface area contributed by atoms with Gasteiger partial charge in [0.05, 0.1) is 0 Å². The fraction of sp³-hybridized carbons (Fsp3) is 0.105. The van der Waals surface area contributed by atoms with Crippen LogP contribution in [0.2, 0.25) is 0 Å². The van der Waals surface area contributed by atoms with Gasteiger partial charge < -0.3 is 0 Å². The van der Waals surface area contributed by atoms with Crippen LogP contribution in [-0.2, 0) is 0 Å². The Balaban J connectivity index is 2.22. The molecule has 0 N–H and O–H groups in total. The lowest BCUT2D eigenvalue weighted by Crippen LogP contribution is -1.95. The van der Waals surface area contributed by atoms with Crippen LogP contribution in [0.15, 0.2) is 66.9 Å². The van der Waals surface area contributed by atoms with Gasteiger partial charge in [-0.15, -0.1) is 0 Å². The van der Waals surface area contributed by atoms with E-state index in [1.165, 1.54) is 27.8 Å². The molecule has 1 heteroatoms. The number of benzene rings is 2. The summed E-state index contributed by atoms with van der Waals surface area (Å²) < 4.78 is 0. The highest BCUT2D eigenvalue weighted by Gasteiger charge is 2.11. The fourth-order valence-electron chi connectivity index (χ4n) is 2.67. The average Bonchev–Trinajstić information content (AvgIpc) is 2.49. The average molecular weight is 259 g/mol. The van der Waals surface area contributed by atoms with Crippen LogP contribution in [0.5, 0.6) is 0 Å². The van der Waals surface area contributed by atoms with Gasteiger partial charge in [0, 0.05) is 23.0 Å². The summed E-state index contributed by atoms with van der Waals surface area (Å²) in [5, 5.41) is 0. The smallest absolute Gasteiger partial charge is 0.0454 e. The molecule has 98 valence electrons. The molecule has 0 saturated heterocycles. The van der Waals surface area contributed by atoms with Gasteiger partial charge in [-0.05, 0) is 30.5 Å². The molecule has 0 aliphatic heterocycles. The van der Waals surface area contributed by atoms with E-state index >= 15 is 0 Å². The standard InChI is InChI=1S/C19H17N/c1-14-18(16-9-5-3-6-10-16)13-20-15(2)19(14)17-11-7-4-8-12-17/h3-13H,1-2H3. The summed E-state index contributed by atoms with van der Waals surface area (Å²) in [6, 6.07) is 20.9. The summed E-state index contributed by atoms with van der Waals surface area (Å²) in [6.07, 6.45) is 1.98. The molecule has 0 aliphatic carbocycles. The topological polar surface area (TPSA) is 12.9 Å². The molecule has 2 aromatic carbocycles. The van der Waals surface area contributed by atoms with E-state index < -0.39 is 0 Å². The SMILES string of the molecule is Cc1ncc(-c2ccccc2)c(C)c1-c1ccccc1. The predicted octanol–water partition coefficient (Wildman–Crippen LogP) is 5.03. The first-order valence-electron chi connectivity index (χ1n) is 6.84. The van der Waals surface area contributed by atoms with Gasteiger partial charge in [-0.1, -0.05) is 60.7 Å². The van der Waals surface area contributed by atoms with Gasteiger partial charge in [0.15, 0.2) is 0 Å². The second kappa shape index (κ2) is 5.30. The van der Waals surface area contributed by atoms with Gasteiger partial charge in [-0.2, -0.15) is 0 Å². The second-order valence-corrected chi connectivity index (χ2v) is 4.99. The third-order valence-electron chi connectivity index (χ3n) is 3.68. The highest BCUT2D eigenvalue weighted by Crippen LogP contribution is 2.32.